The summed E-state index contributed by atoms with van der Waals surface area (Å²) in [6.07, 6.45) is 16.4. The first-order valence-electron chi connectivity index (χ1n) is 18.7. The molecule has 0 aliphatic carbocycles. The van der Waals surface area contributed by atoms with E-state index in [4.69, 9.17) is 4.74 Å². The van der Waals surface area contributed by atoms with Crippen LogP contribution in [0.1, 0.15) is 156 Å². The van der Waals surface area contributed by atoms with Gasteiger partial charge in [0.15, 0.2) is 11.9 Å². The van der Waals surface area contributed by atoms with Gasteiger partial charge in [0.2, 0.25) is 0 Å². The van der Waals surface area contributed by atoms with Gasteiger partial charge < -0.3 is 9.84 Å². The summed E-state index contributed by atoms with van der Waals surface area (Å²) in [6.45, 7) is 4.31. The van der Waals surface area contributed by atoms with Crippen LogP contribution in [0.5, 0.6) is 0 Å². The van der Waals surface area contributed by atoms with Crippen molar-refractivity contribution in [2.75, 3.05) is 0 Å². The third-order valence-corrected chi connectivity index (χ3v) is 9.15. The lowest BCUT2D eigenvalue weighted by molar-refractivity contribution is -0.206. The number of aromatic carboxylic acids is 1. The summed E-state index contributed by atoms with van der Waals surface area (Å²) in [4.78, 5) is 33.9. The highest BCUT2D eigenvalue weighted by Gasteiger charge is 2.42. The number of esters is 1. The summed E-state index contributed by atoms with van der Waals surface area (Å²) in [5, 5.41) is 9.87. The van der Waals surface area contributed by atoms with E-state index in [1.54, 1.807) is 12.1 Å². The number of alkyl halides is 3. The molecule has 1 N–H and O–H groups in total. The number of carbonyl (C=O) groups excluding carboxylic acids is 1. The van der Waals surface area contributed by atoms with Crippen molar-refractivity contribution in [3.8, 4) is 22.5 Å². The predicted molar refractivity (Wildman–Crippen MR) is 193 cm³/mol. The van der Waals surface area contributed by atoms with Crippen LogP contribution in [-0.4, -0.2) is 39.3 Å². The van der Waals surface area contributed by atoms with Crippen molar-refractivity contribution in [1.29, 1.82) is 0 Å². The van der Waals surface area contributed by atoms with Crippen molar-refractivity contribution in [3.63, 3.8) is 0 Å². The molecule has 0 amide bonds. The van der Waals surface area contributed by atoms with E-state index in [1.807, 2.05) is 12.4 Å². The zero-order valence-electron chi connectivity index (χ0n) is 29.9. The van der Waals surface area contributed by atoms with Crippen LogP contribution >= 0.6 is 0 Å². The van der Waals surface area contributed by atoms with Gasteiger partial charge in [-0.1, -0.05) is 128 Å². The highest BCUT2D eigenvalue weighted by atomic mass is 19.4. The molecule has 50 heavy (non-hydrogen) atoms. The van der Waals surface area contributed by atoms with Gasteiger partial charge in [0.1, 0.15) is 0 Å². The number of carboxylic acid groups (broad SMARTS) is 1. The fraction of sp³-hybridized carbons (Fsp3) is 0.561. The molecule has 0 saturated heterocycles. The molecule has 1 heterocycles. The Balaban J connectivity index is 1.58. The predicted octanol–water partition coefficient (Wildman–Crippen LogP) is 12.2. The molecule has 0 fully saturated rings. The number of ether oxygens (including phenoxy) is 1. The number of hydrogen-bond acceptors (Lipinski definition) is 5. The fourth-order valence-electron chi connectivity index (χ4n) is 6.12. The standard InChI is InChI=1S/C41H55F3N2O4/c1-3-5-7-9-11-12-13-14-15-16-18-20-31-29-45-38(46-30-31)34-26-27-35(39(47)48)36(28-34)32-22-24-33(25-23-32)40(49)50-37(41(42,43)44)21-19-17-10-8-6-4-2/h22-30,37H,3-21H2,1-2H3,(H,47,48). The molecular formula is C41H55F3N2O4. The lowest BCUT2D eigenvalue weighted by Gasteiger charge is -2.21. The highest BCUT2D eigenvalue weighted by molar-refractivity contribution is 5.97. The Hall–Kier alpha value is -3.75. The average Bonchev–Trinajstić information content (AvgIpc) is 3.11. The summed E-state index contributed by atoms with van der Waals surface area (Å²) in [5.41, 5.74) is 2.52. The Labute approximate surface area is 296 Å². The second-order valence-corrected chi connectivity index (χ2v) is 13.3. The van der Waals surface area contributed by atoms with Crippen LogP contribution in [0.15, 0.2) is 54.9 Å². The normalized spacial score (nSPS) is 12.2. The molecule has 0 aliphatic rings. The Bertz CT molecular complexity index is 1430. The van der Waals surface area contributed by atoms with Gasteiger partial charge >= 0.3 is 18.1 Å². The van der Waals surface area contributed by atoms with E-state index in [-0.39, 0.29) is 17.5 Å². The van der Waals surface area contributed by atoms with Gasteiger partial charge in [-0.3, -0.25) is 0 Å². The molecule has 9 heteroatoms. The molecule has 0 spiro atoms. The average molecular weight is 697 g/mol. The van der Waals surface area contributed by atoms with Gasteiger partial charge in [0, 0.05) is 18.0 Å². The van der Waals surface area contributed by atoms with E-state index in [0.717, 1.165) is 44.1 Å². The number of halogens is 3. The van der Waals surface area contributed by atoms with Crippen LogP contribution in [0, 0.1) is 0 Å². The van der Waals surface area contributed by atoms with Gasteiger partial charge in [-0.25, -0.2) is 19.6 Å². The first-order valence-corrected chi connectivity index (χ1v) is 18.7. The molecule has 0 saturated carbocycles. The van der Waals surface area contributed by atoms with E-state index in [9.17, 15) is 27.9 Å². The molecule has 0 aliphatic heterocycles. The molecule has 3 rings (SSSR count). The van der Waals surface area contributed by atoms with Crippen LogP contribution in [0.3, 0.4) is 0 Å². The number of hydrogen-bond donors (Lipinski definition) is 1. The minimum Gasteiger partial charge on any atom is -0.478 e. The zero-order chi connectivity index (χ0) is 36.2. The molecule has 1 atom stereocenters. The van der Waals surface area contributed by atoms with Crippen molar-refractivity contribution in [1.82, 2.24) is 9.97 Å². The topological polar surface area (TPSA) is 89.4 Å². The maximum atomic E-state index is 13.6. The van der Waals surface area contributed by atoms with Crippen molar-refractivity contribution in [2.24, 2.45) is 0 Å². The van der Waals surface area contributed by atoms with Gasteiger partial charge in [0.05, 0.1) is 11.1 Å². The Morgan fingerprint density at radius 2 is 1.20 bits per heavy atom. The SMILES string of the molecule is CCCCCCCCCCCCCc1cnc(-c2ccc(C(=O)O)c(-c3ccc(C(=O)OC(CCCCCCCC)C(F)(F)F)cc3)c2)nc1. The molecule has 0 bridgehead atoms. The molecule has 6 nitrogen and oxygen atoms in total. The lowest BCUT2D eigenvalue weighted by Crippen LogP contribution is -2.33. The smallest absolute Gasteiger partial charge is 0.425 e. The van der Waals surface area contributed by atoms with Crippen molar-refractivity contribution < 1.29 is 32.6 Å². The lowest BCUT2D eigenvalue weighted by atomic mass is 9.96. The van der Waals surface area contributed by atoms with Gasteiger partial charge in [-0.05, 0) is 66.6 Å². The molecule has 1 aromatic heterocycles. The largest absolute Gasteiger partial charge is 0.478 e. The van der Waals surface area contributed by atoms with Crippen LogP contribution in [0.2, 0.25) is 0 Å². The molecule has 3 aromatic rings. The van der Waals surface area contributed by atoms with E-state index in [1.165, 1.54) is 94.5 Å². The summed E-state index contributed by atoms with van der Waals surface area (Å²) in [7, 11) is 0. The molecule has 274 valence electrons. The second-order valence-electron chi connectivity index (χ2n) is 13.3. The van der Waals surface area contributed by atoms with Crippen LogP contribution in [-0.2, 0) is 11.2 Å². The van der Waals surface area contributed by atoms with Gasteiger partial charge in [-0.15, -0.1) is 0 Å². The molecule has 1 unspecified atom stereocenters. The Morgan fingerprint density at radius 3 is 1.72 bits per heavy atom. The van der Waals surface area contributed by atoms with E-state index >= 15 is 0 Å². The van der Waals surface area contributed by atoms with Crippen molar-refractivity contribution in [3.05, 3.63) is 71.5 Å². The maximum absolute atomic E-state index is 13.6. The number of nitrogens with zero attached hydrogens (tertiary/aromatic N) is 2. The maximum Gasteiger partial charge on any atom is 0.425 e. The monoisotopic (exact) mass is 696 g/mol. The zero-order valence-corrected chi connectivity index (χ0v) is 29.9. The Kier molecular flexibility index (Phi) is 18.0. The van der Waals surface area contributed by atoms with Crippen LogP contribution in [0.25, 0.3) is 22.5 Å². The quantitative estimate of drug-likeness (QED) is 0.0741. The Morgan fingerprint density at radius 1 is 0.700 bits per heavy atom. The van der Waals surface area contributed by atoms with Crippen LogP contribution < -0.4 is 0 Å². The number of carbonyl (C=O) groups is 2. The molecular weight excluding hydrogens is 641 g/mol. The third-order valence-electron chi connectivity index (χ3n) is 9.15. The molecule has 0 radical (unpaired) electrons. The minimum absolute atomic E-state index is 0.0354. The van der Waals surface area contributed by atoms with E-state index < -0.39 is 24.2 Å². The summed E-state index contributed by atoms with van der Waals surface area (Å²) >= 11 is 0. The number of aryl methyl sites for hydroxylation is 1. The highest BCUT2D eigenvalue weighted by Crippen LogP contribution is 2.31. The number of rotatable bonds is 24. The first-order chi connectivity index (χ1) is 24.1. The van der Waals surface area contributed by atoms with E-state index in [0.29, 0.717) is 35.4 Å². The van der Waals surface area contributed by atoms with E-state index in [2.05, 4.69) is 23.8 Å². The number of benzene rings is 2. The van der Waals surface area contributed by atoms with Gasteiger partial charge in [0.25, 0.3) is 0 Å². The second kappa shape index (κ2) is 22.1. The van der Waals surface area contributed by atoms with Crippen molar-refractivity contribution in [2.45, 2.75) is 148 Å². The summed E-state index contributed by atoms with van der Waals surface area (Å²) < 4.78 is 45.8. The van der Waals surface area contributed by atoms with Gasteiger partial charge in [-0.2, -0.15) is 13.2 Å². The third kappa shape index (κ3) is 14.2. The minimum atomic E-state index is -4.66. The molecule has 2 aromatic carbocycles. The summed E-state index contributed by atoms with van der Waals surface area (Å²) in [5.74, 6) is -1.76. The van der Waals surface area contributed by atoms with Crippen molar-refractivity contribution >= 4 is 11.9 Å². The first kappa shape index (κ1) is 40.7. The summed E-state index contributed by atoms with van der Waals surface area (Å²) in [6, 6.07) is 10.5. The number of aromatic nitrogens is 2. The fourth-order valence-corrected chi connectivity index (χ4v) is 6.12. The number of carboxylic acids is 1. The number of unbranched alkanes of at least 4 members (excludes halogenated alkanes) is 15. The van der Waals surface area contributed by atoms with Crippen LogP contribution in [0.4, 0.5) is 13.2 Å².